The van der Waals surface area contributed by atoms with Gasteiger partial charge in [-0.1, -0.05) is 17.7 Å². The lowest BCUT2D eigenvalue weighted by atomic mass is 10.1. The Morgan fingerprint density at radius 2 is 2.11 bits per heavy atom. The topological polar surface area (TPSA) is 85.2 Å². The molecule has 8 heteroatoms. The number of methoxy groups -OCH3 is 1. The van der Waals surface area contributed by atoms with Crippen molar-refractivity contribution in [2.24, 2.45) is 0 Å². The number of anilines is 1. The van der Waals surface area contributed by atoms with Crippen LogP contribution in [0.1, 0.15) is 45.2 Å². The fourth-order valence-electron chi connectivity index (χ4n) is 3.17. The second-order valence-corrected chi connectivity index (χ2v) is 6.86. The van der Waals surface area contributed by atoms with E-state index in [1.54, 1.807) is 25.3 Å². The highest BCUT2D eigenvalue weighted by Crippen LogP contribution is 2.25. The number of nitrogens with zero attached hydrogens (tertiary/aromatic N) is 2. The van der Waals surface area contributed by atoms with Crippen molar-refractivity contribution in [1.82, 2.24) is 14.9 Å². The van der Waals surface area contributed by atoms with E-state index < -0.39 is 0 Å². The summed E-state index contributed by atoms with van der Waals surface area (Å²) < 4.78 is 6.81. The minimum absolute atomic E-state index is 0.272. The molecule has 3 rings (SSSR count). The standard InChI is InChI=1S/C19H23ClN4O3/c1-12-13(20)6-5-7-14(12)22-18(25)16-15-8-3-4-10-24(15)17(23-16)19(26)21-9-11-27-2/h5-7H,3-4,8-11H2,1-2H3,(H,21,26)(H,22,25). The zero-order valence-corrected chi connectivity index (χ0v) is 16.2. The van der Waals surface area contributed by atoms with Gasteiger partial charge in [-0.15, -0.1) is 0 Å². The van der Waals surface area contributed by atoms with Crippen molar-refractivity contribution in [3.05, 3.63) is 46.0 Å². The number of fused-ring (bicyclic) bond motifs is 1. The van der Waals surface area contributed by atoms with Gasteiger partial charge in [-0.3, -0.25) is 9.59 Å². The van der Waals surface area contributed by atoms with Crippen molar-refractivity contribution in [2.75, 3.05) is 25.6 Å². The molecule has 0 fully saturated rings. The van der Waals surface area contributed by atoms with Crippen LogP contribution in [-0.2, 0) is 17.7 Å². The van der Waals surface area contributed by atoms with Gasteiger partial charge in [0.2, 0.25) is 0 Å². The van der Waals surface area contributed by atoms with Gasteiger partial charge in [-0.2, -0.15) is 0 Å². The lowest BCUT2D eigenvalue weighted by molar-refractivity contribution is 0.0921. The van der Waals surface area contributed by atoms with Crippen LogP contribution in [-0.4, -0.2) is 41.6 Å². The Balaban J connectivity index is 1.87. The van der Waals surface area contributed by atoms with Crippen LogP contribution in [0.15, 0.2) is 18.2 Å². The average molecular weight is 391 g/mol. The number of carbonyl (C=O) groups excluding carboxylic acids is 2. The predicted octanol–water partition coefficient (Wildman–Crippen LogP) is 2.81. The van der Waals surface area contributed by atoms with E-state index in [-0.39, 0.29) is 17.6 Å². The molecule has 0 saturated heterocycles. The zero-order chi connectivity index (χ0) is 19.4. The summed E-state index contributed by atoms with van der Waals surface area (Å²) >= 11 is 6.13. The molecule has 0 aliphatic carbocycles. The minimum atomic E-state index is -0.332. The molecular formula is C19H23ClN4O3. The quantitative estimate of drug-likeness (QED) is 0.743. The monoisotopic (exact) mass is 390 g/mol. The molecule has 27 heavy (non-hydrogen) atoms. The molecule has 1 aromatic carbocycles. The number of amides is 2. The van der Waals surface area contributed by atoms with E-state index in [0.29, 0.717) is 36.1 Å². The van der Waals surface area contributed by atoms with Crippen LogP contribution in [0, 0.1) is 6.92 Å². The van der Waals surface area contributed by atoms with Gasteiger partial charge in [0.15, 0.2) is 11.5 Å². The van der Waals surface area contributed by atoms with Crippen molar-refractivity contribution >= 4 is 29.1 Å². The molecule has 1 aliphatic rings. The number of aromatic nitrogens is 2. The number of ether oxygens (including phenoxy) is 1. The number of imidazole rings is 1. The number of benzene rings is 1. The van der Waals surface area contributed by atoms with Crippen LogP contribution in [0.25, 0.3) is 0 Å². The first-order valence-corrected chi connectivity index (χ1v) is 9.33. The van der Waals surface area contributed by atoms with Crippen molar-refractivity contribution in [2.45, 2.75) is 32.7 Å². The first kappa shape index (κ1) is 19.4. The smallest absolute Gasteiger partial charge is 0.287 e. The molecule has 1 aromatic heterocycles. The van der Waals surface area contributed by atoms with Gasteiger partial charge in [0.1, 0.15) is 0 Å². The van der Waals surface area contributed by atoms with Gasteiger partial charge in [0.25, 0.3) is 11.8 Å². The Bertz CT molecular complexity index is 863. The second kappa shape index (κ2) is 8.54. The fraction of sp³-hybridized carbons (Fsp3) is 0.421. The third-order valence-corrected chi connectivity index (χ3v) is 5.05. The van der Waals surface area contributed by atoms with Gasteiger partial charge >= 0.3 is 0 Å². The molecular weight excluding hydrogens is 368 g/mol. The second-order valence-electron chi connectivity index (χ2n) is 6.45. The van der Waals surface area contributed by atoms with Gasteiger partial charge in [-0.05, 0) is 43.9 Å². The third-order valence-electron chi connectivity index (χ3n) is 4.64. The molecule has 0 spiro atoms. The molecule has 0 unspecified atom stereocenters. The van der Waals surface area contributed by atoms with E-state index in [0.717, 1.165) is 30.5 Å². The van der Waals surface area contributed by atoms with Crippen molar-refractivity contribution < 1.29 is 14.3 Å². The van der Waals surface area contributed by atoms with E-state index in [1.807, 2.05) is 11.5 Å². The maximum atomic E-state index is 12.9. The first-order valence-electron chi connectivity index (χ1n) is 8.96. The van der Waals surface area contributed by atoms with Crippen LogP contribution in [0.4, 0.5) is 5.69 Å². The van der Waals surface area contributed by atoms with E-state index in [4.69, 9.17) is 16.3 Å². The number of carbonyl (C=O) groups is 2. The third kappa shape index (κ3) is 4.14. The average Bonchev–Trinajstić information content (AvgIpc) is 3.05. The fourth-order valence-corrected chi connectivity index (χ4v) is 3.34. The first-order chi connectivity index (χ1) is 13.0. The Morgan fingerprint density at radius 3 is 2.89 bits per heavy atom. The molecule has 144 valence electrons. The zero-order valence-electron chi connectivity index (χ0n) is 15.5. The molecule has 7 nitrogen and oxygen atoms in total. The number of halogens is 1. The van der Waals surface area contributed by atoms with Crippen LogP contribution in [0.2, 0.25) is 5.02 Å². The van der Waals surface area contributed by atoms with Crippen molar-refractivity contribution in [1.29, 1.82) is 0 Å². The summed E-state index contributed by atoms with van der Waals surface area (Å²) in [5.41, 5.74) is 2.52. The molecule has 2 aromatic rings. The Kier molecular flexibility index (Phi) is 6.13. The lowest BCUT2D eigenvalue weighted by Gasteiger charge is -2.17. The highest BCUT2D eigenvalue weighted by Gasteiger charge is 2.27. The van der Waals surface area contributed by atoms with Gasteiger partial charge in [0.05, 0.1) is 12.3 Å². The summed E-state index contributed by atoms with van der Waals surface area (Å²) in [6, 6.07) is 5.34. The number of nitrogens with one attached hydrogen (secondary N) is 2. The largest absolute Gasteiger partial charge is 0.383 e. The maximum absolute atomic E-state index is 12.9. The molecule has 2 N–H and O–H groups in total. The Labute approximate surface area is 163 Å². The van der Waals surface area contributed by atoms with Gasteiger partial charge < -0.3 is 19.9 Å². The lowest BCUT2D eigenvalue weighted by Crippen LogP contribution is -2.30. The van der Waals surface area contributed by atoms with Crippen LogP contribution < -0.4 is 10.6 Å². The van der Waals surface area contributed by atoms with E-state index >= 15 is 0 Å². The maximum Gasteiger partial charge on any atom is 0.287 e. The number of hydrogen-bond acceptors (Lipinski definition) is 4. The van der Waals surface area contributed by atoms with Gasteiger partial charge in [-0.25, -0.2) is 4.98 Å². The minimum Gasteiger partial charge on any atom is -0.383 e. The molecule has 0 atom stereocenters. The summed E-state index contributed by atoms with van der Waals surface area (Å²) in [5.74, 6) is -0.357. The molecule has 2 heterocycles. The van der Waals surface area contributed by atoms with Crippen LogP contribution in [0.5, 0.6) is 0 Å². The summed E-state index contributed by atoms with van der Waals surface area (Å²) in [5, 5.41) is 6.22. The molecule has 0 radical (unpaired) electrons. The van der Waals surface area contributed by atoms with Crippen molar-refractivity contribution in [3.63, 3.8) is 0 Å². The highest BCUT2D eigenvalue weighted by atomic mass is 35.5. The Hall–Kier alpha value is -2.38. The normalized spacial score (nSPS) is 13.1. The van der Waals surface area contributed by atoms with E-state index in [9.17, 15) is 9.59 Å². The molecule has 0 saturated carbocycles. The number of rotatable bonds is 6. The van der Waals surface area contributed by atoms with Crippen molar-refractivity contribution in [3.8, 4) is 0 Å². The predicted molar refractivity (Wildman–Crippen MR) is 104 cm³/mol. The summed E-state index contributed by atoms with van der Waals surface area (Å²) in [6.45, 7) is 3.33. The molecule has 0 bridgehead atoms. The van der Waals surface area contributed by atoms with Crippen LogP contribution >= 0.6 is 11.6 Å². The van der Waals surface area contributed by atoms with Gasteiger partial charge in [0, 0.05) is 30.9 Å². The Morgan fingerprint density at radius 1 is 1.30 bits per heavy atom. The molecule has 1 aliphatic heterocycles. The van der Waals surface area contributed by atoms with E-state index in [1.165, 1.54) is 0 Å². The van der Waals surface area contributed by atoms with Crippen LogP contribution in [0.3, 0.4) is 0 Å². The molecule has 2 amide bonds. The summed E-state index contributed by atoms with van der Waals surface area (Å²) in [7, 11) is 1.57. The summed E-state index contributed by atoms with van der Waals surface area (Å²) in [6.07, 6.45) is 2.64. The SMILES string of the molecule is COCCNC(=O)c1nc(C(=O)Nc2cccc(Cl)c2C)c2n1CCCC2. The number of hydrogen-bond donors (Lipinski definition) is 2. The van der Waals surface area contributed by atoms with E-state index in [2.05, 4.69) is 15.6 Å². The summed E-state index contributed by atoms with van der Waals surface area (Å²) in [4.78, 5) is 29.7. The highest BCUT2D eigenvalue weighted by molar-refractivity contribution is 6.31.